The second-order valence-electron chi connectivity index (χ2n) is 6.97. The van der Waals surface area contributed by atoms with Crippen LogP contribution in [0.15, 0.2) is 0 Å². The highest BCUT2D eigenvalue weighted by molar-refractivity contribution is 5.90. The SMILES string of the molecule is CC(O[C@@H]1[C@@H](N)[C@@H](O)O[C@H](CO)[C@H]1O)C(=O)N[C@@H](C)C(=O)N[C@@H](C=O)CCC(=O)O. The lowest BCUT2D eigenvalue weighted by Gasteiger charge is -2.41. The van der Waals surface area contributed by atoms with Crippen LogP contribution in [0.5, 0.6) is 0 Å². The fourth-order valence-electron chi connectivity index (χ4n) is 2.73. The number of carbonyl (C=O) groups excluding carboxylic acids is 3. The van der Waals surface area contributed by atoms with Gasteiger partial charge in [0.05, 0.1) is 18.7 Å². The third-order valence-electron chi connectivity index (χ3n) is 4.56. The smallest absolute Gasteiger partial charge is 0.303 e. The van der Waals surface area contributed by atoms with Crippen molar-refractivity contribution in [2.45, 2.75) is 75.5 Å². The molecule has 0 saturated carbocycles. The van der Waals surface area contributed by atoms with Gasteiger partial charge in [-0.3, -0.25) is 14.4 Å². The number of aldehydes is 1. The van der Waals surface area contributed by atoms with Crippen molar-refractivity contribution in [3.63, 3.8) is 0 Å². The average Bonchev–Trinajstić information content (AvgIpc) is 2.70. The van der Waals surface area contributed by atoms with Gasteiger partial charge in [0.25, 0.3) is 0 Å². The average molecular weight is 435 g/mol. The summed E-state index contributed by atoms with van der Waals surface area (Å²) in [5.41, 5.74) is 5.74. The Morgan fingerprint density at radius 1 is 1.20 bits per heavy atom. The largest absolute Gasteiger partial charge is 0.481 e. The van der Waals surface area contributed by atoms with Crippen LogP contribution in [0, 0.1) is 0 Å². The Hall–Kier alpha value is -2.16. The molecule has 13 heteroatoms. The molecule has 30 heavy (non-hydrogen) atoms. The summed E-state index contributed by atoms with van der Waals surface area (Å²) in [6.07, 6.45) is -6.54. The molecule has 1 rings (SSSR count). The first kappa shape index (κ1) is 25.9. The molecule has 8 atom stereocenters. The van der Waals surface area contributed by atoms with E-state index in [1.807, 2.05) is 0 Å². The van der Waals surface area contributed by atoms with Crippen molar-refractivity contribution < 1.29 is 49.1 Å². The quantitative estimate of drug-likeness (QED) is 0.156. The van der Waals surface area contributed by atoms with Crippen LogP contribution in [0.1, 0.15) is 26.7 Å². The summed E-state index contributed by atoms with van der Waals surface area (Å²) in [6, 6.07) is -3.30. The summed E-state index contributed by atoms with van der Waals surface area (Å²) < 4.78 is 10.4. The number of rotatable bonds is 11. The summed E-state index contributed by atoms with van der Waals surface area (Å²) in [5.74, 6) is -2.58. The summed E-state index contributed by atoms with van der Waals surface area (Å²) in [5, 5.41) is 42.4. The van der Waals surface area contributed by atoms with Crippen molar-refractivity contribution in [1.29, 1.82) is 0 Å². The van der Waals surface area contributed by atoms with Crippen molar-refractivity contribution in [3.8, 4) is 0 Å². The van der Waals surface area contributed by atoms with Crippen molar-refractivity contribution in [1.82, 2.24) is 10.6 Å². The minimum Gasteiger partial charge on any atom is -0.481 e. The van der Waals surface area contributed by atoms with E-state index in [0.29, 0.717) is 6.29 Å². The van der Waals surface area contributed by atoms with Gasteiger partial charge >= 0.3 is 5.97 Å². The number of hydrogen-bond acceptors (Lipinski definition) is 10. The topological polar surface area (TPSA) is 218 Å². The Bertz CT molecular complexity index is 619. The van der Waals surface area contributed by atoms with E-state index < -0.39 is 73.2 Å². The van der Waals surface area contributed by atoms with Crippen LogP contribution in [0.4, 0.5) is 0 Å². The molecule has 13 nitrogen and oxygen atoms in total. The van der Waals surface area contributed by atoms with E-state index in [1.165, 1.54) is 13.8 Å². The summed E-state index contributed by atoms with van der Waals surface area (Å²) in [7, 11) is 0. The number of aliphatic hydroxyl groups is 3. The molecule has 2 amide bonds. The zero-order chi connectivity index (χ0) is 23.0. The van der Waals surface area contributed by atoms with Gasteiger partial charge in [-0.05, 0) is 20.3 Å². The molecule has 0 aliphatic carbocycles. The number of ether oxygens (including phenoxy) is 2. The lowest BCUT2D eigenvalue weighted by atomic mass is 9.97. The molecule has 172 valence electrons. The predicted molar refractivity (Wildman–Crippen MR) is 98.8 cm³/mol. The van der Waals surface area contributed by atoms with Gasteiger partial charge in [-0.25, -0.2) is 0 Å². The maximum absolute atomic E-state index is 12.3. The fraction of sp³-hybridized carbons (Fsp3) is 0.765. The highest BCUT2D eigenvalue weighted by Crippen LogP contribution is 2.22. The van der Waals surface area contributed by atoms with Crippen molar-refractivity contribution in [2.24, 2.45) is 5.73 Å². The number of carboxylic acid groups (broad SMARTS) is 1. The summed E-state index contributed by atoms with van der Waals surface area (Å²) in [4.78, 5) is 46.0. The predicted octanol–water partition coefficient (Wildman–Crippen LogP) is -3.79. The Morgan fingerprint density at radius 3 is 2.37 bits per heavy atom. The van der Waals surface area contributed by atoms with Gasteiger partial charge in [0, 0.05) is 6.42 Å². The molecule has 1 saturated heterocycles. The second-order valence-corrected chi connectivity index (χ2v) is 6.97. The zero-order valence-electron chi connectivity index (χ0n) is 16.6. The highest BCUT2D eigenvalue weighted by Gasteiger charge is 2.44. The van der Waals surface area contributed by atoms with Gasteiger partial charge in [-0.2, -0.15) is 0 Å². The maximum atomic E-state index is 12.3. The van der Waals surface area contributed by atoms with Crippen LogP contribution >= 0.6 is 0 Å². The number of aliphatic hydroxyl groups excluding tert-OH is 3. The minimum absolute atomic E-state index is 0.0986. The molecule has 0 aromatic carbocycles. The molecule has 1 aliphatic heterocycles. The minimum atomic E-state index is -1.53. The zero-order valence-corrected chi connectivity index (χ0v) is 16.6. The van der Waals surface area contributed by atoms with Gasteiger partial charge in [0.2, 0.25) is 11.8 Å². The standard InChI is InChI=1S/C17H29N3O10/c1-7(15(26)20-9(5-21)3-4-11(23)24)19-16(27)8(2)29-14-12(18)17(28)30-10(6-22)13(14)25/h5,7-10,12-14,17,22,25,28H,3-4,6,18H2,1-2H3,(H,19,27)(H,20,26)(H,23,24)/t7-,8?,9+,10+,12+,13+,14+,17-/m0/s1. The number of carbonyl (C=O) groups is 4. The van der Waals surface area contributed by atoms with Crippen LogP contribution in [-0.4, -0.2) is 99.9 Å². The van der Waals surface area contributed by atoms with E-state index >= 15 is 0 Å². The highest BCUT2D eigenvalue weighted by atomic mass is 16.6. The number of nitrogens with two attached hydrogens (primary N) is 1. The Morgan fingerprint density at radius 2 is 1.83 bits per heavy atom. The lowest BCUT2D eigenvalue weighted by molar-refractivity contribution is -0.261. The van der Waals surface area contributed by atoms with Gasteiger partial charge in [-0.1, -0.05) is 0 Å². The Kier molecular flexibility index (Phi) is 10.2. The van der Waals surface area contributed by atoms with E-state index in [4.69, 9.17) is 20.3 Å². The van der Waals surface area contributed by atoms with Crippen LogP contribution in [0.2, 0.25) is 0 Å². The van der Waals surface area contributed by atoms with Crippen LogP contribution < -0.4 is 16.4 Å². The number of aliphatic carboxylic acids is 1. The summed E-state index contributed by atoms with van der Waals surface area (Å²) >= 11 is 0. The lowest BCUT2D eigenvalue weighted by Crippen LogP contribution is -2.64. The first-order valence-corrected chi connectivity index (χ1v) is 9.33. The Balaban J connectivity index is 2.62. The number of carboxylic acids is 1. The molecule has 0 bridgehead atoms. The van der Waals surface area contributed by atoms with Crippen molar-refractivity contribution in [2.75, 3.05) is 6.61 Å². The molecule has 1 heterocycles. The first-order chi connectivity index (χ1) is 14.0. The van der Waals surface area contributed by atoms with Crippen LogP contribution in [0.3, 0.4) is 0 Å². The van der Waals surface area contributed by atoms with E-state index in [0.717, 1.165) is 0 Å². The second kappa shape index (κ2) is 11.9. The van der Waals surface area contributed by atoms with E-state index in [-0.39, 0.29) is 12.8 Å². The summed E-state index contributed by atoms with van der Waals surface area (Å²) in [6.45, 7) is 2.07. The van der Waals surface area contributed by atoms with E-state index in [9.17, 15) is 34.5 Å². The number of amides is 2. The molecular formula is C17H29N3O10. The molecule has 0 aromatic heterocycles. The first-order valence-electron chi connectivity index (χ1n) is 9.33. The van der Waals surface area contributed by atoms with Gasteiger partial charge in [-0.15, -0.1) is 0 Å². The van der Waals surface area contributed by atoms with Crippen LogP contribution in [-0.2, 0) is 28.7 Å². The third-order valence-corrected chi connectivity index (χ3v) is 4.56. The molecule has 8 N–H and O–H groups in total. The van der Waals surface area contributed by atoms with Gasteiger partial charge < -0.3 is 51.1 Å². The maximum Gasteiger partial charge on any atom is 0.303 e. The third kappa shape index (κ3) is 7.27. The van der Waals surface area contributed by atoms with Crippen LogP contribution in [0.25, 0.3) is 0 Å². The van der Waals surface area contributed by atoms with Crippen molar-refractivity contribution in [3.05, 3.63) is 0 Å². The molecule has 1 unspecified atom stereocenters. The molecule has 1 fully saturated rings. The molecule has 0 radical (unpaired) electrons. The van der Waals surface area contributed by atoms with Gasteiger partial charge in [0.1, 0.15) is 36.7 Å². The molecular weight excluding hydrogens is 406 g/mol. The number of nitrogens with one attached hydrogen (secondary N) is 2. The fourth-order valence-corrected chi connectivity index (χ4v) is 2.73. The van der Waals surface area contributed by atoms with Crippen molar-refractivity contribution >= 4 is 24.1 Å². The monoisotopic (exact) mass is 435 g/mol. The van der Waals surface area contributed by atoms with Gasteiger partial charge in [0.15, 0.2) is 6.29 Å². The normalized spacial score (nSPS) is 29.3. The Labute approximate surface area is 172 Å². The van der Waals surface area contributed by atoms with E-state index in [2.05, 4.69) is 10.6 Å². The molecule has 0 aromatic rings. The number of hydrogen-bond donors (Lipinski definition) is 7. The van der Waals surface area contributed by atoms with E-state index in [1.54, 1.807) is 0 Å². The molecule has 1 aliphatic rings. The molecule has 0 spiro atoms.